The molecule has 0 aliphatic heterocycles. The molecule has 0 fully saturated rings. The van der Waals surface area contributed by atoms with Crippen molar-refractivity contribution in [3.05, 3.63) is 71.6 Å². The Morgan fingerprint density at radius 3 is 2.39 bits per heavy atom. The minimum atomic E-state index is -1.15. The molecule has 28 heavy (non-hydrogen) atoms. The van der Waals surface area contributed by atoms with Gasteiger partial charge in [-0.25, -0.2) is 4.79 Å². The summed E-state index contributed by atoms with van der Waals surface area (Å²) in [5.74, 6) is -1.74. The summed E-state index contributed by atoms with van der Waals surface area (Å²) >= 11 is 0. The summed E-state index contributed by atoms with van der Waals surface area (Å²) in [6.45, 7) is 5.81. The molecule has 0 unspecified atom stereocenters. The van der Waals surface area contributed by atoms with Crippen molar-refractivity contribution in [2.24, 2.45) is 0 Å². The fraction of sp³-hybridized carbons (Fsp3) is 0.150. The van der Waals surface area contributed by atoms with Crippen LogP contribution in [-0.2, 0) is 0 Å². The second kappa shape index (κ2) is 7.43. The summed E-state index contributed by atoms with van der Waals surface area (Å²) in [5, 5.41) is 20.9. The number of aromatic carboxylic acids is 1. The number of aromatic nitrogens is 4. The van der Waals surface area contributed by atoms with E-state index in [1.165, 1.54) is 10.7 Å². The maximum Gasteiger partial charge on any atom is 0.336 e. The maximum atomic E-state index is 13.1. The van der Waals surface area contributed by atoms with Gasteiger partial charge in [-0.3, -0.25) is 4.79 Å². The Labute approximate surface area is 161 Å². The van der Waals surface area contributed by atoms with Crippen LogP contribution in [0.4, 0.5) is 5.69 Å². The zero-order chi connectivity index (χ0) is 20.4. The first-order chi connectivity index (χ1) is 13.3. The lowest BCUT2D eigenvalue weighted by Crippen LogP contribution is -2.18. The van der Waals surface area contributed by atoms with Crippen LogP contribution in [0.2, 0.25) is 0 Å². The molecule has 8 heteroatoms. The minimum absolute atomic E-state index is 0.00450. The molecule has 0 atom stereocenters. The Kier molecular flexibility index (Phi) is 5.04. The number of carboxylic acids is 1. The third-order valence-electron chi connectivity index (χ3n) is 4.28. The van der Waals surface area contributed by atoms with E-state index >= 15 is 0 Å². The first-order valence-corrected chi connectivity index (χ1v) is 8.44. The molecule has 3 rings (SSSR count). The van der Waals surface area contributed by atoms with Gasteiger partial charge in [-0.15, -0.1) is 5.10 Å². The van der Waals surface area contributed by atoms with Gasteiger partial charge < -0.3 is 10.0 Å². The first kappa shape index (κ1) is 19.0. The lowest BCUT2D eigenvalue weighted by atomic mass is 9.95. The monoisotopic (exact) mass is 377 g/mol. The zero-order valence-corrected chi connectivity index (χ0v) is 15.7. The molecule has 0 aliphatic rings. The van der Waals surface area contributed by atoms with Crippen molar-refractivity contribution < 1.29 is 14.7 Å². The molecule has 3 aromatic rings. The van der Waals surface area contributed by atoms with E-state index in [9.17, 15) is 14.7 Å². The normalized spacial score (nSPS) is 10.5. The average molecular weight is 377 g/mol. The quantitative estimate of drug-likeness (QED) is 0.520. The molecule has 142 valence electrons. The Morgan fingerprint density at radius 2 is 1.79 bits per heavy atom. The number of carboxylic acid groups (broad SMARTS) is 1. The summed E-state index contributed by atoms with van der Waals surface area (Å²) in [4.78, 5) is 26.6. The zero-order valence-electron chi connectivity index (χ0n) is 15.7. The van der Waals surface area contributed by atoms with Gasteiger partial charge in [0.05, 0.1) is 11.3 Å². The van der Waals surface area contributed by atoms with Crippen molar-refractivity contribution in [1.29, 1.82) is 0 Å². The van der Waals surface area contributed by atoms with E-state index in [0.717, 1.165) is 5.56 Å². The number of Topliss-reactive ketones (excluding diaryl/α,β-unsaturated/α-hetero) is 1. The molecule has 0 saturated heterocycles. The van der Waals surface area contributed by atoms with Crippen molar-refractivity contribution in [3.8, 4) is 5.69 Å². The van der Waals surface area contributed by atoms with Gasteiger partial charge in [-0.2, -0.15) is 4.68 Å². The van der Waals surface area contributed by atoms with Crippen LogP contribution in [0.3, 0.4) is 0 Å². The van der Waals surface area contributed by atoms with E-state index in [4.69, 9.17) is 0 Å². The Balaban J connectivity index is 2.09. The number of anilines is 1. The molecule has 0 amide bonds. The highest BCUT2D eigenvalue weighted by Gasteiger charge is 2.26. The summed E-state index contributed by atoms with van der Waals surface area (Å²) in [5.41, 5.74) is 2.46. The number of carbonyl (C=O) groups is 2. The SMILES string of the molecule is C=C(C(=O)c1nnnn1-c1ccc(C)cc1)c1c(C(=O)O)cccc1N(C)C. The molecule has 0 bridgehead atoms. The highest BCUT2D eigenvalue weighted by atomic mass is 16.4. The number of allylic oxidation sites excluding steroid dienone is 1. The molecule has 1 N–H and O–H groups in total. The van der Waals surface area contributed by atoms with Gasteiger partial charge in [0.15, 0.2) is 0 Å². The van der Waals surface area contributed by atoms with Gasteiger partial charge in [0.2, 0.25) is 11.6 Å². The van der Waals surface area contributed by atoms with Crippen LogP contribution in [0.5, 0.6) is 0 Å². The van der Waals surface area contributed by atoms with Crippen molar-refractivity contribution in [2.45, 2.75) is 6.92 Å². The third-order valence-corrected chi connectivity index (χ3v) is 4.28. The largest absolute Gasteiger partial charge is 0.478 e. The van der Waals surface area contributed by atoms with Crippen LogP contribution in [0, 0.1) is 6.92 Å². The van der Waals surface area contributed by atoms with Crippen molar-refractivity contribution in [1.82, 2.24) is 20.2 Å². The van der Waals surface area contributed by atoms with Gasteiger partial charge in [0.25, 0.3) is 0 Å². The number of benzene rings is 2. The molecule has 2 aromatic carbocycles. The number of hydrogen-bond donors (Lipinski definition) is 1. The van der Waals surface area contributed by atoms with Crippen molar-refractivity contribution in [3.63, 3.8) is 0 Å². The van der Waals surface area contributed by atoms with Gasteiger partial charge in [-0.05, 0) is 41.6 Å². The van der Waals surface area contributed by atoms with E-state index < -0.39 is 11.8 Å². The van der Waals surface area contributed by atoms with E-state index in [1.54, 1.807) is 43.3 Å². The van der Waals surface area contributed by atoms with Crippen LogP contribution in [0.15, 0.2) is 49.0 Å². The fourth-order valence-electron chi connectivity index (χ4n) is 2.85. The summed E-state index contributed by atoms with van der Waals surface area (Å²) in [6.07, 6.45) is 0. The van der Waals surface area contributed by atoms with Gasteiger partial charge >= 0.3 is 5.97 Å². The van der Waals surface area contributed by atoms with Crippen LogP contribution in [-0.4, -0.2) is 51.2 Å². The van der Waals surface area contributed by atoms with Gasteiger partial charge in [0, 0.05) is 30.9 Å². The van der Waals surface area contributed by atoms with E-state index in [0.29, 0.717) is 11.4 Å². The molecule has 1 aromatic heterocycles. The standard InChI is InChI=1S/C20H19N5O3/c1-12-8-10-14(11-9-12)25-19(21-22-23-25)18(26)13(2)17-15(20(27)28)6-5-7-16(17)24(3)4/h5-11H,2H2,1,3-4H3,(H,27,28). The fourth-order valence-corrected chi connectivity index (χ4v) is 2.85. The molecule has 0 aliphatic carbocycles. The molecule has 0 spiro atoms. The highest BCUT2D eigenvalue weighted by Crippen LogP contribution is 2.31. The molecule has 0 radical (unpaired) electrons. The van der Waals surface area contributed by atoms with Crippen LogP contribution in [0.25, 0.3) is 11.3 Å². The Hall–Kier alpha value is -3.81. The molecule has 1 heterocycles. The maximum absolute atomic E-state index is 13.1. The number of rotatable bonds is 6. The van der Waals surface area contributed by atoms with Gasteiger partial charge in [-0.1, -0.05) is 30.3 Å². The summed E-state index contributed by atoms with van der Waals surface area (Å²) < 4.78 is 1.31. The van der Waals surface area contributed by atoms with Gasteiger partial charge in [0.1, 0.15) is 0 Å². The number of aryl methyl sites for hydroxylation is 1. The second-order valence-electron chi connectivity index (χ2n) is 6.46. The van der Waals surface area contributed by atoms with Crippen LogP contribution < -0.4 is 4.90 Å². The molecular weight excluding hydrogens is 358 g/mol. The van der Waals surface area contributed by atoms with E-state index in [2.05, 4.69) is 22.1 Å². The molecular formula is C20H19N5O3. The predicted octanol–water partition coefficient (Wildman–Crippen LogP) is 2.63. The number of nitrogens with zero attached hydrogens (tertiary/aromatic N) is 5. The topological polar surface area (TPSA) is 101 Å². The number of tetrazole rings is 1. The number of hydrogen-bond acceptors (Lipinski definition) is 6. The van der Waals surface area contributed by atoms with Crippen molar-refractivity contribution in [2.75, 3.05) is 19.0 Å². The highest BCUT2D eigenvalue weighted by molar-refractivity contribution is 6.29. The smallest absolute Gasteiger partial charge is 0.336 e. The van der Waals surface area contributed by atoms with E-state index in [1.807, 2.05) is 19.1 Å². The number of ketones is 1. The lowest BCUT2D eigenvalue weighted by molar-refractivity contribution is 0.0696. The Bertz CT molecular complexity index is 1070. The summed E-state index contributed by atoms with van der Waals surface area (Å²) in [7, 11) is 3.52. The predicted molar refractivity (Wildman–Crippen MR) is 105 cm³/mol. The average Bonchev–Trinajstić information content (AvgIpc) is 3.16. The molecule has 8 nitrogen and oxygen atoms in total. The van der Waals surface area contributed by atoms with Crippen molar-refractivity contribution >= 4 is 23.0 Å². The third kappa shape index (κ3) is 3.39. The van der Waals surface area contributed by atoms with Crippen LogP contribution in [0.1, 0.15) is 32.1 Å². The summed E-state index contributed by atoms with van der Waals surface area (Å²) in [6, 6.07) is 12.1. The number of carbonyl (C=O) groups excluding carboxylic acids is 1. The first-order valence-electron chi connectivity index (χ1n) is 8.44. The second-order valence-corrected chi connectivity index (χ2v) is 6.46. The Morgan fingerprint density at radius 1 is 1.11 bits per heavy atom. The molecule has 0 saturated carbocycles. The van der Waals surface area contributed by atoms with Crippen LogP contribution >= 0.6 is 0 Å². The minimum Gasteiger partial charge on any atom is -0.478 e. The van der Waals surface area contributed by atoms with E-state index in [-0.39, 0.29) is 22.5 Å². The lowest BCUT2D eigenvalue weighted by Gasteiger charge is -2.20.